The van der Waals surface area contributed by atoms with E-state index in [4.69, 9.17) is 14.5 Å². The van der Waals surface area contributed by atoms with E-state index in [2.05, 4.69) is 11.4 Å². The Morgan fingerprint density at radius 3 is 2.93 bits per heavy atom. The van der Waals surface area contributed by atoms with Crippen LogP contribution in [-0.2, 0) is 17.6 Å². The van der Waals surface area contributed by atoms with E-state index < -0.39 is 0 Å². The topological polar surface area (TPSA) is 84.2 Å². The van der Waals surface area contributed by atoms with Crippen LogP contribution >= 0.6 is 11.8 Å². The highest BCUT2D eigenvalue weighted by Crippen LogP contribution is 2.35. The molecule has 144 valence electrons. The van der Waals surface area contributed by atoms with Gasteiger partial charge < -0.3 is 14.8 Å². The molecule has 1 aromatic carbocycles. The first-order chi connectivity index (χ1) is 13.7. The minimum absolute atomic E-state index is 0.116. The van der Waals surface area contributed by atoms with Crippen molar-refractivity contribution in [1.82, 2.24) is 4.98 Å². The lowest BCUT2D eigenvalue weighted by molar-refractivity contribution is -0.115. The van der Waals surface area contributed by atoms with Crippen molar-refractivity contribution in [2.24, 2.45) is 0 Å². The first-order valence-corrected chi connectivity index (χ1v) is 10.4. The van der Waals surface area contributed by atoms with E-state index in [9.17, 15) is 10.1 Å². The molecule has 1 aromatic heterocycles. The summed E-state index contributed by atoms with van der Waals surface area (Å²) < 4.78 is 10.7. The molecule has 7 heteroatoms. The number of anilines is 1. The van der Waals surface area contributed by atoms with Crippen LogP contribution in [-0.4, -0.2) is 22.9 Å². The number of nitrogens with zero attached hydrogens (tertiary/aromatic N) is 2. The number of pyridine rings is 1. The summed E-state index contributed by atoms with van der Waals surface area (Å²) in [5, 5.41) is 12.8. The Morgan fingerprint density at radius 2 is 2.11 bits per heavy atom. The van der Waals surface area contributed by atoms with Crippen LogP contribution in [0.4, 0.5) is 5.69 Å². The Labute approximate surface area is 168 Å². The highest BCUT2D eigenvalue weighted by molar-refractivity contribution is 8.00. The lowest BCUT2D eigenvalue weighted by atomic mass is 9.95. The summed E-state index contributed by atoms with van der Waals surface area (Å²) >= 11 is 1.36. The number of nitrogens with one attached hydrogen (secondary N) is 1. The Bertz CT molecular complexity index is 955. The van der Waals surface area contributed by atoms with Gasteiger partial charge in [-0.05, 0) is 55.9 Å². The minimum Gasteiger partial charge on any atom is -0.454 e. The molecule has 2 aliphatic rings. The fourth-order valence-corrected chi connectivity index (χ4v) is 4.44. The summed E-state index contributed by atoms with van der Waals surface area (Å²) in [6.45, 7) is 2.16. The quantitative estimate of drug-likeness (QED) is 0.768. The number of thioether (sulfide) groups is 1. The summed E-state index contributed by atoms with van der Waals surface area (Å²) in [4.78, 5) is 17.6. The molecule has 0 radical (unpaired) electrons. The van der Waals surface area contributed by atoms with E-state index >= 15 is 0 Å². The van der Waals surface area contributed by atoms with Crippen LogP contribution in [0.5, 0.6) is 11.5 Å². The van der Waals surface area contributed by atoms with Crippen LogP contribution < -0.4 is 14.8 Å². The van der Waals surface area contributed by atoms with Gasteiger partial charge in [0, 0.05) is 17.4 Å². The number of carbonyl (C=O) groups excluding carboxylic acids is 1. The molecule has 6 nitrogen and oxygen atoms in total. The third-order valence-electron chi connectivity index (χ3n) is 4.94. The molecule has 2 heterocycles. The van der Waals surface area contributed by atoms with Gasteiger partial charge >= 0.3 is 0 Å². The summed E-state index contributed by atoms with van der Waals surface area (Å²) in [7, 11) is 0. The molecule has 4 rings (SSSR count). The Morgan fingerprint density at radius 1 is 1.29 bits per heavy atom. The van der Waals surface area contributed by atoms with E-state index in [0.29, 0.717) is 34.2 Å². The number of aryl methyl sites for hydroxylation is 2. The van der Waals surface area contributed by atoms with E-state index in [-0.39, 0.29) is 18.0 Å². The van der Waals surface area contributed by atoms with Gasteiger partial charge in [-0.25, -0.2) is 4.98 Å². The number of benzene rings is 1. The SMILES string of the molecule is CCC(Sc1nc2c(cc1C#N)CCCC2)C(=O)Nc1ccc2c(c1)OCO2. The van der Waals surface area contributed by atoms with E-state index in [1.54, 1.807) is 18.2 Å². The van der Waals surface area contributed by atoms with Gasteiger partial charge in [0.1, 0.15) is 11.1 Å². The molecule has 0 fully saturated rings. The maximum atomic E-state index is 12.8. The largest absolute Gasteiger partial charge is 0.454 e. The maximum absolute atomic E-state index is 12.8. The number of carbonyl (C=O) groups is 1. The monoisotopic (exact) mass is 395 g/mol. The summed E-state index contributed by atoms with van der Waals surface area (Å²) in [5.41, 5.74) is 3.45. The molecule has 0 bridgehead atoms. The number of amides is 1. The average Bonchev–Trinajstić information content (AvgIpc) is 3.19. The summed E-state index contributed by atoms with van der Waals surface area (Å²) in [6.07, 6.45) is 4.81. The third kappa shape index (κ3) is 3.78. The second-order valence-electron chi connectivity index (χ2n) is 6.84. The van der Waals surface area contributed by atoms with Crippen molar-refractivity contribution < 1.29 is 14.3 Å². The van der Waals surface area contributed by atoms with Crippen molar-refractivity contribution in [3.8, 4) is 17.6 Å². The van der Waals surface area contributed by atoms with Gasteiger partial charge in [0.15, 0.2) is 11.5 Å². The molecule has 1 N–H and O–H groups in total. The first kappa shape index (κ1) is 18.6. The number of fused-ring (bicyclic) bond motifs is 2. The molecule has 0 spiro atoms. The molecular formula is C21H21N3O3S. The van der Waals surface area contributed by atoms with Crippen molar-refractivity contribution >= 4 is 23.4 Å². The van der Waals surface area contributed by atoms with E-state index in [1.165, 1.54) is 17.3 Å². The van der Waals surface area contributed by atoms with Crippen molar-refractivity contribution in [2.45, 2.75) is 49.3 Å². The standard InChI is InChI=1S/C21H21N3O3S/c1-2-19(20(25)23-15-7-8-17-18(10-15)27-12-26-17)28-21-14(11-22)9-13-5-3-4-6-16(13)24-21/h7-10,19H,2-6,12H2,1H3,(H,23,25). The second kappa shape index (κ2) is 8.11. The van der Waals surface area contributed by atoms with Gasteiger partial charge in [0.05, 0.1) is 10.8 Å². The number of nitriles is 1. The van der Waals surface area contributed by atoms with Gasteiger partial charge in [-0.1, -0.05) is 18.7 Å². The van der Waals surface area contributed by atoms with Crippen LogP contribution in [0.3, 0.4) is 0 Å². The zero-order valence-electron chi connectivity index (χ0n) is 15.7. The number of rotatable bonds is 5. The highest BCUT2D eigenvalue weighted by atomic mass is 32.2. The molecule has 1 aliphatic carbocycles. The Balaban J connectivity index is 1.51. The molecule has 0 saturated carbocycles. The zero-order chi connectivity index (χ0) is 19.5. The molecule has 2 aromatic rings. The molecule has 1 unspecified atom stereocenters. The van der Waals surface area contributed by atoms with Crippen molar-refractivity contribution in [3.05, 3.63) is 41.1 Å². The number of hydrogen-bond acceptors (Lipinski definition) is 6. The van der Waals surface area contributed by atoms with E-state index in [0.717, 1.165) is 31.4 Å². The van der Waals surface area contributed by atoms with Crippen LogP contribution in [0.2, 0.25) is 0 Å². The van der Waals surface area contributed by atoms with Gasteiger partial charge in [-0.3, -0.25) is 4.79 Å². The van der Waals surface area contributed by atoms with Crippen LogP contribution in [0, 0.1) is 11.3 Å². The predicted octanol–water partition coefficient (Wildman–Crippen LogP) is 4.07. The molecule has 0 saturated heterocycles. The zero-order valence-corrected chi connectivity index (χ0v) is 16.5. The highest BCUT2D eigenvalue weighted by Gasteiger charge is 2.23. The van der Waals surface area contributed by atoms with Crippen LogP contribution in [0.25, 0.3) is 0 Å². The lowest BCUT2D eigenvalue weighted by Crippen LogP contribution is -2.25. The Hall–Kier alpha value is -2.72. The van der Waals surface area contributed by atoms with Crippen molar-refractivity contribution in [2.75, 3.05) is 12.1 Å². The summed E-state index contributed by atoms with van der Waals surface area (Å²) in [5.74, 6) is 1.19. The molecule has 1 amide bonds. The molecular weight excluding hydrogens is 374 g/mol. The predicted molar refractivity (Wildman–Crippen MR) is 107 cm³/mol. The summed E-state index contributed by atoms with van der Waals surface area (Å²) in [6, 6.07) is 9.53. The Kier molecular flexibility index (Phi) is 5.40. The van der Waals surface area contributed by atoms with Crippen LogP contribution in [0.1, 0.15) is 43.0 Å². The fraction of sp³-hybridized carbons (Fsp3) is 0.381. The van der Waals surface area contributed by atoms with Gasteiger partial charge in [0.25, 0.3) is 0 Å². The molecule has 28 heavy (non-hydrogen) atoms. The smallest absolute Gasteiger partial charge is 0.237 e. The van der Waals surface area contributed by atoms with Crippen molar-refractivity contribution in [1.29, 1.82) is 5.26 Å². The number of hydrogen-bond donors (Lipinski definition) is 1. The van der Waals surface area contributed by atoms with Gasteiger partial charge in [-0.2, -0.15) is 5.26 Å². The van der Waals surface area contributed by atoms with E-state index in [1.807, 2.05) is 13.0 Å². The molecule has 1 aliphatic heterocycles. The van der Waals surface area contributed by atoms with Crippen molar-refractivity contribution in [3.63, 3.8) is 0 Å². The van der Waals surface area contributed by atoms with Gasteiger partial charge in [-0.15, -0.1) is 0 Å². The molecule has 1 atom stereocenters. The fourth-order valence-electron chi connectivity index (χ4n) is 3.44. The van der Waals surface area contributed by atoms with Gasteiger partial charge in [0.2, 0.25) is 12.7 Å². The second-order valence-corrected chi connectivity index (χ2v) is 8.03. The maximum Gasteiger partial charge on any atom is 0.237 e. The normalized spacial score (nSPS) is 15.4. The minimum atomic E-state index is -0.341. The van der Waals surface area contributed by atoms with Crippen LogP contribution in [0.15, 0.2) is 29.3 Å². The number of ether oxygens (including phenoxy) is 2. The first-order valence-electron chi connectivity index (χ1n) is 9.48. The third-order valence-corrected chi connectivity index (χ3v) is 6.31. The average molecular weight is 395 g/mol. The lowest BCUT2D eigenvalue weighted by Gasteiger charge is -2.19. The number of aromatic nitrogens is 1.